The second kappa shape index (κ2) is 7.10. The molecule has 1 aromatic heterocycles. The van der Waals surface area contributed by atoms with E-state index in [1.54, 1.807) is 0 Å². The van der Waals surface area contributed by atoms with Crippen molar-refractivity contribution in [1.29, 1.82) is 0 Å². The average Bonchev–Trinajstić information content (AvgIpc) is 2.53. The molecule has 22 heavy (non-hydrogen) atoms. The van der Waals surface area contributed by atoms with E-state index in [0.717, 1.165) is 5.52 Å². The standard InChI is InChI=1S/C19H18N2.ClH/c1-21(2)17-11-8-15(9-12-17)7-10-16-13-14-20-19-6-4-3-5-18(16)19;/h3-14H,1-2H3;1H/b10-7+;. The summed E-state index contributed by atoms with van der Waals surface area (Å²) in [5.41, 5.74) is 4.63. The van der Waals surface area contributed by atoms with Crippen LogP contribution < -0.4 is 4.90 Å². The molecule has 0 saturated carbocycles. The van der Waals surface area contributed by atoms with Crippen LogP contribution in [0.4, 0.5) is 5.69 Å². The normalized spacial score (nSPS) is 10.6. The highest BCUT2D eigenvalue weighted by atomic mass is 35.5. The summed E-state index contributed by atoms with van der Waals surface area (Å²) in [6.07, 6.45) is 6.15. The first kappa shape index (κ1) is 16.1. The van der Waals surface area contributed by atoms with Gasteiger partial charge < -0.3 is 4.90 Å². The molecular weight excluding hydrogens is 292 g/mol. The van der Waals surface area contributed by atoms with Gasteiger partial charge in [-0.3, -0.25) is 4.98 Å². The van der Waals surface area contributed by atoms with Gasteiger partial charge in [-0.1, -0.05) is 42.5 Å². The largest absolute Gasteiger partial charge is 0.378 e. The predicted molar refractivity (Wildman–Crippen MR) is 98.7 cm³/mol. The van der Waals surface area contributed by atoms with Crippen LogP contribution in [0.15, 0.2) is 60.8 Å². The van der Waals surface area contributed by atoms with E-state index in [0.29, 0.717) is 0 Å². The molecule has 0 fully saturated rings. The first-order valence-corrected chi connectivity index (χ1v) is 7.03. The monoisotopic (exact) mass is 310 g/mol. The van der Waals surface area contributed by atoms with E-state index in [1.165, 1.54) is 22.2 Å². The highest BCUT2D eigenvalue weighted by Gasteiger charge is 1.98. The number of para-hydroxylation sites is 1. The van der Waals surface area contributed by atoms with Crippen molar-refractivity contribution in [1.82, 2.24) is 4.98 Å². The molecule has 0 spiro atoms. The average molecular weight is 311 g/mol. The van der Waals surface area contributed by atoms with Crippen molar-refractivity contribution in [3.05, 3.63) is 71.9 Å². The molecule has 0 amide bonds. The molecule has 0 unspecified atom stereocenters. The Hall–Kier alpha value is -2.32. The molecule has 0 aliphatic heterocycles. The van der Waals surface area contributed by atoms with Crippen LogP contribution in [0.5, 0.6) is 0 Å². The molecule has 1 heterocycles. The first-order chi connectivity index (χ1) is 10.2. The lowest BCUT2D eigenvalue weighted by Crippen LogP contribution is -2.07. The van der Waals surface area contributed by atoms with E-state index in [4.69, 9.17) is 0 Å². The number of pyridine rings is 1. The van der Waals surface area contributed by atoms with Gasteiger partial charge in [0.2, 0.25) is 0 Å². The van der Waals surface area contributed by atoms with E-state index in [1.807, 2.05) is 44.6 Å². The van der Waals surface area contributed by atoms with Crippen LogP contribution in [-0.2, 0) is 0 Å². The summed E-state index contributed by atoms with van der Waals surface area (Å²) >= 11 is 0. The quantitative estimate of drug-likeness (QED) is 0.684. The predicted octanol–water partition coefficient (Wildman–Crippen LogP) is 4.89. The molecule has 2 aromatic carbocycles. The SMILES string of the molecule is CN(C)c1ccc(/C=C/c2ccnc3ccccc23)cc1.Cl. The number of hydrogen-bond donors (Lipinski definition) is 0. The minimum Gasteiger partial charge on any atom is -0.378 e. The lowest BCUT2D eigenvalue weighted by atomic mass is 10.1. The van der Waals surface area contributed by atoms with Gasteiger partial charge >= 0.3 is 0 Å². The zero-order chi connectivity index (χ0) is 14.7. The first-order valence-electron chi connectivity index (χ1n) is 7.03. The highest BCUT2D eigenvalue weighted by Crippen LogP contribution is 2.19. The molecule has 112 valence electrons. The maximum absolute atomic E-state index is 4.39. The van der Waals surface area contributed by atoms with Gasteiger partial charge in [-0.15, -0.1) is 12.4 Å². The van der Waals surface area contributed by atoms with Crippen LogP contribution in [0, 0.1) is 0 Å². The fraction of sp³-hybridized carbons (Fsp3) is 0.105. The third kappa shape index (κ3) is 3.46. The minimum absolute atomic E-state index is 0. The molecule has 0 N–H and O–H groups in total. The van der Waals surface area contributed by atoms with Gasteiger partial charge in [0.15, 0.2) is 0 Å². The van der Waals surface area contributed by atoms with Crippen LogP contribution in [-0.4, -0.2) is 19.1 Å². The van der Waals surface area contributed by atoms with Crippen molar-refractivity contribution in [3.63, 3.8) is 0 Å². The van der Waals surface area contributed by atoms with Crippen molar-refractivity contribution >= 4 is 41.1 Å². The molecule has 0 aliphatic rings. The fourth-order valence-electron chi connectivity index (χ4n) is 2.33. The Bertz CT molecular complexity index is 772. The van der Waals surface area contributed by atoms with Crippen LogP contribution >= 0.6 is 12.4 Å². The summed E-state index contributed by atoms with van der Waals surface area (Å²) in [5, 5.41) is 1.18. The topological polar surface area (TPSA) is 16.1 Å². The van der Waals surface area contributed by atoms with Crippen molar-refractivity contribution in [2.75, 3.05) is 19.0 Å². The number of benzene rings is 2. The number of rotatable bonds is 3. The summed E-state index contributed by atoms with van der Waals surface area (Å²) in [6.45, 7) is 0. The zero-order valence-corrected chi connectivity index (χ0v) is 13.5. The molecule has 0 aliphatic carbocycles. The molecule has 3 aromatic rings. The molecule has 0 saturated heterocycles. The summed E-state index contributed by atoms with van der Waals surface area (Å²) < 4.78 is 0. The Morgan fingerprint density at radius 1 is 0.864 bits per heavy atom. The third-order valence-electron chi connectivity index (χ3n) is 3.55. The molecule has 2 nitrogen and oxygen atoms in total. The molecular formula is C19H19ClN2. The van der Waals surface area contributed by atoms with Crippen molar-refractivity contribution in [2.45, 2.75) is 0 Å². The van der Waals surface area contributed by atoms with Crippen LogP contribution in [0.3, 0.4) is 0 Å². The number of nitrogens with zero attached hydrogens (tertiary/aromatic N) is 2. The van der Waals surface area contributed by atoms with Gasteiger partial charge in [0.1, 0.15) is 0 Å². The van der Waals surface area contributed by atoms with Gasteiger partial charge in [0, 0.05) is 31.4 Å². The van der Waals surface area contributed by atoms with E-state index >= 15 is 0 Å². The molecule has 3 heteroatoms. The van der Waals surface area contributed by atoms with Gasteiger partial charge in [-0.25, -0.2) is 0 Å². The Morgan fingerprint density at radius 3 is 2.32 bits per heavy atom. The number of halogens is 1. The summed E-state index contributed by atoms with van der Waals surface area (Å²) in [7, 11) is 4.10. The van der Waals surface area contributed by atoms with Crippen LogP contribution in [0.1, 0.15) is 11.1 Å². The van der Waals surface area contributed by atoms with E-state index in [9.17, 15) is 0 Å². The second-order valence-electron chi connectivity index (χ2n) is 5.24. The molecule has 0 radical (unpaired) electrons. The van der Waals surface area contributed by atoms with E-state index < -0.39 is 0 Å². The third-order valence-corrected chi connectivity index (χ3v) is 3.55. The summed E-state index contributed by atoms with van der Waals surface area (Å²) in [6, 6.07) is 18.8. The number of hydrogen-bond acceptors (Lipinski definition) is 2. The Morgan fingerprint density at radius 2 is 1.59 bits per heavy atom. The molecule has 0 atom stereocenters. The van der Waals surface area contributed by atoms with Crippen LogP contribution in [0.25, 0.3) is 23.1 Å². The Labute approximate surface area is 137 Å². The van der Waals surface area contributed by atoms with Gasteiger partial charge in [-0.05, 0) is 35.4 Å². The molecule has 3 rings (SSSR count). The lowest BCUT2D eigenvalue weighted by molar-refractivity contribution is 1.13. The van der Waals surface area contributed by atoms with Crippen molar-refractivity contribution < 1.29 is 0 Å². The minimum atomic E-state index is 0. The second-order valence-corrected chi connectivity index (χ2v) is 5.24. The lowest BCUT2D eigenvalue weighted by Gasteiger charge is -2.11. The number of aromatic nitrogens is 1. The highest BCUT2D eigenvalue weighted by molar-refractivity contribution is 5.90. The molecule has 0 bridgehead atoms. The van der Waals surface area contributed by atoms with E-state index in [-0.39, 0.29) is 12.4 Å². The number of anilines is 1. The van der Waals surface area contributed by atoms with Crippen molar-refractivity contribution in [2.24, 2.45) is 0 Å². The van der Waals surface area contributed by atoms with Gasteiger partial charge in [0.05, 0.1) is 5.52 Å². The zero-order valence-electron chi connectivity index (χ0n) is 12.7. The maximum atomic E-state index is 4.39. The smallest absolute Gasteiger partial charge is 0.0707 e. The van der Waals surface area contributed by atoms with Gasteiger partial charge in [-0.2, -0.15) is 0 Å². The Balaban J connectivity index is 0.00000176. The number of fused-ring (bicyclic) bond motifs is 1. The Kier molecular flexibility index (Phi) is 5.18. The summed E-state index contributed by atoms with van der Waals surface area (Å²) in [5.74, 6) is 0. The van der Waals surface area contributed by atoms with Gasteiger partial charge in [0.25, 0.3) is 0 Å². The maximum Gasteiger partial charge on any atom is 0.0707 e. The van der Waals surface area contributed by atoms with E-state index in [2.05, 4.69) is 52.4 Å². The van der Waals surface area contributed by atoms with Crippen molar-refractivity contribution in [3.8, 4) is 0 Å². The summed E-state index contributed by atoms with van der Waals surface area (Å²) in [4.78, 5) is 6.49. The fourth-order valence-corrected chi connectivity index (χ4v) is 2.33. The van der Waals surface area contributed by atoms with Crippen LogP contribution in [0.2, 0.25) is 0 Å².